The van der Waals surface area contributed by atoms with E-state index in [2.05, 4.69) is 21.2 Å². The van der Waals surface area contributed by atoms with Crippen LogP contribution in [0.25, 0.3) is 0 Å². The van der Waals surface area contributed by atoms with E-state index in [1.54, 1.807) is 36.4 Å². The fourth-order valence-electron chi connectivity index (χ4n) is 2.55. The lowest BCUT2D eigenvalue weighted by atomic mass is 10.1. The van der Waals surface area contributed by atoms with Gasteiger partial charge >= 0.3 is 0 Å². The van der Waals surface area contributed by atoms with Gasteiger partial charge in [0, 0.05) is 22.0 Å². The van der Waals surface area contributed by atoms with Gasteiger partial charge in [-0.2, -0.15) is 0 Å². The number of carbonyl (C=O) groups excluding carboxylic acids is 1. The van der Waals surface area contributed by atoms with Crippen molar-refractivity contribution in [1.29, 1.82) is 0 Å². The first kappa shape index (κ1) is 20.1. The Morgan fingerprint density at radius 1 is 1.00 bits per heavy atom. The molecule has 0 radical (unpaired) electrons. The minimum absolute atomic E-state index is 0.142. The molecule has 0 atom stereocenters. The smallest absolute Gasteiger partial charge is 0.259 e. The van der Waals surface area contributed by atoms with Crippen molar-refractivity contribution in [2.24, 2.45) is 0 Å². The Bertz CT molecular complexity index is 1110. The van der Waals surface area contributed by atoms with Gasteiger partial charge in [-0.05, 0) is 36.4 Å². The average molecular weight is 460 g/mol. The normalized spacial score (nSPS) is 11.1. The summed E-state index contributed by atoms with van der Waals surface area (Å²) in [6.45, 7) is 0.301. The summed E-state index contributed by atoms with van der Waals surface area (Å²) in [6.07, 6.45) is 1.12. The van der Waals surface area contributed by atoms with Gasteiger partial charge in [0.25, 0.3) is 5.91 Å². The van der Waals surface area contributed by atoms with Crippen molar-refractivity contribution in [1.82, 2.24) is 0 Å². The van der Waals surface area contributed by atoms with E-state index < -0.39 is 9.84 Å². The Labute approximate surface area is 172 Å². The van der Waals surface area contributed by atoms with E-state index >= 15 is 0 Å². The van der Waals surface area contributed by atoms with Crippen molar-refractivity contribution in [2.45, 2.75) is 11.5 Å². The molecule has 0 fully saturated rings. The largest absolute Gasteiger partial charge is 0.488 e. The molecule has 5 nitrogen and oxygen atoms in total. The van der Waals surface area contributed by atoms with E-state index in [9.17, 15) is 13.2 Å². The van der Waals surface area contributed by atoms with E-state index in [1.807, 2.05) is 24.3 Å². The zero-order valence-corrected chi connectivity index (χ0v) is 17.5. The Hall–Kier alpha value is -2.64. The van der Waals surface area contributed by atoms with Gasteiger partial charge in [-0.1, -0.05) is 52.3 Å². The first-order chi connectivity index (χ1) is 13.3. The molecule has 28 heavy (non-hydrogen) atoms. The second-order valence-electron chi connectivity index (χ2n) is 6.13. The number of sulfone groups is 1. The molecule has 0 unspecified atom stereocenters. The number of anilines is 1. The highest BCUT2D eigenvalue weighted by molar-refractivity contribution is 9.10. The number of para-hydroxylation sites is 1. The van der Waals surface area contributed by atoms with Gasteiger partial charge in [0.1, 0.15) is 12.4 Å². The Kier molecular flexibility index (Phi) is 6.16. The second kappa shape index (κ2) is 8.58. The molecular formula is C21H18BrNO4S. The van der Waals surface area contributed by atoms with E-state index in [0.717, 1.165) is 16.3 Å². The maximum atomic E-state index is 12.7. The molecule has 0 aromatic heterocycles. The van der Waals surface area contributed by atoms with Crippen LogP contribution in [-0.4, -0.2) is 20.6 Å². The van der Waals surface area contributed by atoms with Crippen LogP contribution >= 0.6 is 15.9 Å². The van der Waals surface area contributed by atoms with Gasteiger partial charge in [-0.3, -0.25) is 4.79 Å². The van der Waals surface area contributed by atoms with Crippen molar-refractivity contribution < 1.29 is 17.9 Å². The molecule has 3 aromatic carbocycles. The molecule has 1 N–H and O–H groups in total. The Morgan fingerprint density at radius 2 is 1.71 bits per heavy atom. The zero-order valence-electron chi connectivity index (χ0n) is 15.1. The zero-order chi connectivity index (χ0) is 20.1. The lowest BCUT2D eigenvalue weighted by Gasteiger charge is -2.13. The monoisotopic (exact) mass is 459 g/mol. The summed E-state index contributed by atoms with van der Waals surface area (Å²) < 4.78 is 30.2. The predicted octanol–water partition coefficient (Wildman–Crippen LogP) is 4.68. The van der Waals surface area contributed by atoms with Crippen molar-refractivity contribution in [3.8, 4) is 5.75 Å². The molecule has 0 spiro atoms. The minimum atomic E-state index is -3.36. The molecule has 144 valence electrons. The number of rotatable bonds is 6. The number of hydrogen-bond donors (Lipinski definition) is 1. The number of hydrogen-bond acceptors (Lipinski definition) is 4. The van der Waals surface area contributed by atoms with Crippen LogP contribution in [-0.2, 0) is 16.4 Å². The van der Waals surface area contributed by atoms with Crippen LogP contribution in [0.2, 0.25) is 0 Å². The van der Waals surface area contributed by atoms with Crippen LogP contribution < -0.4 is 10.1 Å². The fourth-order valence-corrected chi connectivity index (χ4v) is 3.62. The maximum absolute atomic E-state index is 12.7. The van der Waals surface area contributed by atoms with Gasteiger partial charge in [-0.15, -0.1) is 0 Å². The first-order valence-corrected chi connectivity index (χ1v) is 11.1. The van der Waals surface area contributed by atoms with Crippen LogP contribution in [0, 0.1) is 0 Å². The van der Waals surface area contributed by atoms with Gasteiger partial charge in [-0.25, -0.2) is 8.42 Å². The van der Waals surface area contributed by atoms with Gasteiger partial charge in [0.2, 0.25) is 0 Å². The average Bonchev–Trinajstić information content (AvgIpc) is 2.67. The van der Waals surface area contributed by atoms with Crippen molar-refractivity contribution in [3.05, 3.63) is 88.4 Å². The minimum Gasteiger partial charge on any atom is -0.488 e. The fraction of sp³-hybridized carbons (Fsp3) is 0.0952. The standard InChI is InChI=1S/C21H18BrNO4S/c1-28(25,26)17-9-6-8-16(13-17)23-21(24)18-10-3-5-12-20(18)27-14-15-7-2-4-11-19(15)22/h2-13H,14H2,1H3,(H,23,24). The molecule has 0 aliphatic rings. The molecule has 0 saturated heterocycles. The van der Waals surface area contributed by atoms with E-state index in [1.165, 1.54) is 12.1 Å². The third kappa shape index (κ3) is 4.99. The predicted molar refractivity (Wildman–Crippen MR) is 112 cm³/mol. The number of benzene rings is 3. The highest BCUT2D eigenvalue weighted by Gasteiger charge is 2.14. The topological polar surface area (TPSA) is 72.5 Å². The lowest BCUT2D eigenvalue weighted by Crippen LogP contribution is -2.14. The molecule has 0 bridgehead atoms. The molecule has 0 saturated carbocycles. The van der Waals surface area contributed by atoms with Crippen LogP contribution in [0.4, 0.5) is 5.69 Å². The number of amides is 1. The number of halogens is 1. The highest BCUT2D eigenvalue weighted by atomic mass is 79.9. The molecule has 0 aliphatic carbocycles. The van der Waals surface area contributed by atoms with Gasteiger partial charge in [0.15, 0.2) is 9.84 Å². The van der Waals surface area contributed by atoms with Gasteiger partial charge < -0.3 is 10.1 Å². The van der Waals surface area contributed by atoms with Crippen molar-refractivity contribution in [3.63, 3.8) is 0 Å². The van der Waals surface area contributed by atoms with Crippen molar-refractivity contribution >= 4 is 37.4 Å². The molecule has 3 rings (SSSR count). The van der Waals surface area contributed by atoms with Crippen LogP contribution in [0.3, 0.4) is 0 Å². The molecular weight excluding hydrogens is 442 g/mol. The summed E-state index contributed by atoms with van der Waals surface area (Å²) in [6, 6.07) is 20.7. The first-order valence-electron chi connectivity index (χ1n) is 8.41. The number of nitrogens with one attached hydrogen (secondary N) is 1. The number of carbonyl (C=O) groups is 1. The lowest BCUT2D eigenvalue weighted by molar-refractivity contribution is 0.102. The van der Waals surface area contributed by atoms with Crippen LogP contribution in [0.15, 0.2) is 82.2 Å². The van der Waals surface area contributed by atoms with E-state index in [-0.39, 0.29) is 10.8 Å². The summed E-state index contributed by atoms with van der Waals surface area (Å²) in [5.74, 6) is 0.0587. The third-order valence-electron chi connectivity index (χ3n) is 3.99. The molecule has 0 aliphatic heterocycles. The summed E-state index contributed by atoms with van der Waals surface area (Å²) in [7, 11) is -3.36. The molecule has 3 aromatic rings. The summed E-state index contributed by atoms with van der Waals surface area (Å²) in [5.41, 5.74) is 1.71. The highest BCUT2D eigenvalue weighted by Crippen LogP contribution is 2.24. The molecule has 1 amide bonds. The van der Waals surface area contributed by atoms with Crippen LogP contribution in [0.1, 0.15) is 15.9 Å². The van der Waals surface area contributed by atoms with E-state index in [4.69, 9.17) is 4.74 Å². The SMILES string of the molecule is CS(=O)(=O)c1cccc(NC(=O)c2ccccc2OCc2ccccc2Br)c1. The van der Waals surface area contributed by atoms with Crippen molar-refractivity contribution in [2.75, 3.05) is 11.6 Å². The molecule has 7 heteroatoms. The Morgan fingerprint density at radius 3 is 2.46 bits per heavy atom. The maximum Gasteiger partial charge on any atom is 0.259 e. The summed E-state index contributed by atoms with van der Waals surface area (Å²) in [5, 5.41) is 2.73. The van der Waals surface area contributed by atoms with Crippen LogP contribution in [0.5, 0.6) is 5.75 Å². The quantitative estimate of drug-likeness (QED) is 0.580. The number of ether oxygens (including phenoxy) is 1. The third-order valence-corrected chi connectivity index (χ3v) is 5.88. The van der Waals surface area contributed by atoms with E-state index in [0.29, 0.717) is 23.6 Å². The van der Waals surface area contributed by atoms with Gasteiger partial charge in [0.05, 0.1) is 10.5 Å². The molecule has 0 heterocycles. The second-order valence-corrected chi connectivity index (χ2v) is 9.00. The summed E-state index contributed by atoms with van der Waals surface area (Å²) >= 11 is 3.48. The Balaban J connectivity index is 1.79. The summed E-state index contributed by atoms with van der Waals surface area (Å²) in [4.78, 5) is 12.9.